The van der Waals surface area contributed by atoms with Crippen LogP contribution in [0.5, 0.6) is 0 Å². The van der Waals surface area contributed by atoms with Gasteiger partial charge in [0.2, 0.25) is 0 Å². The van der Waals surface area contributed by atoms with Crippen molar-refractivity contribution in [2.24, 2.45) is 0 Å². The van der Waals surface area contributed by atoms with E-state index in [0.29, 0.717) is 6.61 Å². The molecule has 20 heavy (non-hydrogen) atoms. The molecule has 5 heteroatoms. The first-order valence-corrected chi connectivity index (χ1v) is 8.41. The Labute approximate surface area is 126 Å². The Balaban J connectivity index is 1.93. The number of methoxy groups -OCH3 is 1. The molecule has 0 radical (unpaired) electrons. The van der Waals surface area contributed by atoms with E-state index < -0.39 is 0 Å². The second-order valence-corrected chi connectivity index (χ2v) is 6.74. The van der Waals surface area contributed by atoms with E-state index in [1.165, 1.54) is 35.7 Å². The molecule has 1 aliphatic heterocycles. The first-order valence-electron chi connectivity index (χ1n) is 7.59. The first-order chi connectivity index (χ1) is 9.74. The van der Waals surface area contributed by atoms with Crippen LogP contribution in [0, 0.1) is 0 Å². The van der Waals surface area contributed by atoms with Gasteiger partial charge >= 0.3 is 0 Å². The fourth-order valence-electron chi connectivity index (χ4n) is 2.82. The molecule has 0 aliphatic carbocycles. The Hall–Kier alpha value is -0.490. The van der Waals surface area contributed by atoms with Crippen molar-refractivity contribution in [3.8, 4) is 0 Å². The topological polar surface area (TPSA) is 37.4 Å². The van der Waals surface area contributed by atoms with Crippen molar-refractivity contribution in [1.29, 1.82) is 0 Å². The van der Waals surface area contributed by atoms with E-state index in [-0.39, 0.29) is 0 Å². The van der Waals surface area contributed by atoms with Gasteiger partial charge in [0, 0.05) is 37.5 Å². The molecule has 0 amide bonds. The van der Waals surface area contributed by atoms with Crippen molar-refractivity contribution in [3.05, 3.63) is 15.6 Å². The summed E-state index contributed by atoms with van der Waals surface area (Å²) < 4.78 is 5.25. The average Bonchev–Trinajstić information content (AvgIpc) is 2.81. The largest absolute Gasteiger partial charge is 0.378 e. The molecule has 0 spiro atoms. The predicted molar refractivity (Wildman–Crippen MR) is 84.2 cm³/mol. The summed E-state index contributed by atoms with van der Waals surface area (Å²) in [4.78, 5) is 8.68. The fourth-order valence-corrected chi connectivity index (χ4v) is 3.89. The van der Waals surface area contributed by atoms with Gasteiger partial charge in [-0.25, -0.2) is 4.98 Å². The molecule has 1 atom stereocenters. The zero-order valence-corrected chi connectivity index (χ0v) is 13.8. The molecule has 1 unspecified atom stereocenters. The maximum atomic E-state index is 5.25. The van der Waals surface area contributed by atoms with E-state index in [2.05, 4.69) is 17.1 Å². The highest BCUT2D eigenvalue weighted by atomic mass is 32.1. The number of likely N-dealkylation sites (tertiary alicyclic amines) is 1. The number of hydrogen-bond acceptors (Lipinski definition) is 5. The highest BCUT2D eigenvalue weighted by Crippen LogP contribution is 2.22. The summed E-state index contributed by atoms with van der Waals surface area (Å²) >= 11 is 1.83. The highest BCUT2D eigenvalue weighted by Gasteiger charge is 2.18. The van der Waals surface area contributed by atoms with Crippen LogP contribution in [-0.2, 0) is 24.3 Å². The highest BCUT2D eigenvalue weighted by molar-refractivity contribution is 7.11. The van der Waals surface area contributed by atoms with E-state index in [4.69, 9.17) is 9.72 Å². The molecule has 1 saturated heterocycles. The van der Waals surface area contributed by atoms with E-state index in [0.717, 1.165) is 31.2 Å². The lowest BCUT2D eigenvalue weighted by Gasteiger charge is -2.33. The van der Waals surface area contributed by atoms with E-state index in [1.54, 1.807) is 7.11 Å². The summed E-state index contributed by atoms with van der Waals surface area (Å²) in [5, 5.41) is 4.46. The van der Waals surface area contributed by atoms with Crippen LogP contribution in [0.3, 0.4) is 0 Å². The van der Waals surface area contributed by atoms with Gasteiger partial charge in [-0.15, -0.1) is 11.3 Å². The Morgan fingerprint density at radius 3 is 3.00 bits per heavy atom. The molecule has 1 aliphatic rings. The third-order valence-electron chi connectivity index (χ3n) is 3.99. The minimum absolute atomic E-state index is 0.619. The molecule has 0 bridgehead atoms. The first kappa shape index (κ1) is 15.9. The molecule has 4 nitrogen and oxygen atoms in total. The minimum atomic E-state index is 0.619. The van der Waals surface area contributed by atoms with Gasteiger partial charge in [-0.3, -0.25) is 0 Å². The van der Waals surface area contributed by atoms with Crippen LogP contribution in [0.2, 0.25) is 0 Å². The molecule has 2 heterocycles. The molecule has 0 saturated carbocycles. The number of rotatable bonds is 7. The number of ether oxygens (including phenoxy) is 1. The molecule has 1 fully saturated rings. The van der Waals surface area contributed by atoms with Crippen molar-refractivity contribution in [2.75, 3.05) is 27.2 Å². The molecule has 1 aromatic rings. The second-order valence-electron chi connectivity index (χ2n) is 5.57. The SMILES string of the molecule is CNCc1sc(CCN2CCCCC2C)nc1COC. The zero-order valence-electron chi connectivity index (χ0n) is 12.9. The van der Waals surface area contributed by atoms with Crippen LogP contribution >= 0.6 is 11.3 Å². The molecule has 0 aromatic carbocycles. The smallest absolute Gasteiger partial charge is 0.0945 e. The van der Waals surface area contributed by atoms with Gasteiger partial charge in [-0.05, 0) is 33.4 Å². The van der Waals surface area contributed by atoms with Crippen LogP contribution in [0.25, 0.3) is 0 Å². The lowest BCUT2D eigenvalue weighted by molar-refractivity contribution is 0.162. The normalized spacial score (nSPS) is 20.4. The van der Waals surface area contributed by atoms with Gasteiger partial charge in [0.25, 0.3) is 0 Å². The number of nitrogens with one attached hydrogen (secondary N) is 1. The van der Waals surface area contributed by atoms with Gasteiger partial charge in [-0.2, -0.15) is 0 Å². The second kappa shape index (κ2) is 8.08. The number of aromatic nitrogens is 1. The van der Waals surface area contributed by atoms with Crippen LogP contribution in [-0.4, -0.2) is 43.2 Å². The van der Waals surface area contributed by atoms with Gasteiger partial charge in [0.1, 0.15) is 0 Å². The monoisotopic (exact) mass is 297 g/mol. The summed E-state index contributed by atoms with van der Waals surface area (Å²) in [7, 11) is 3.71. The quantitative estimate of drug-likeness (QED) is 0.839. The Kier molecular flexibility index (Phi) is 6.42. The number of hydrogen-bond donors (Lipinski definition) is 1. The number of thiazole rings is 1. The van der Waals surface area contributed by atoms with Gasteiger partial charge < -0.3 is 15.0 Å². The summed E-state index contributed by atoms with van der Waals surface area (Å²) in [6, 6.07) is 0.735. The minimum Gasteiger partial charge on any atom is -0.378 e. The Morgan fingerprint density at radius 2 is 2.30 bits per heavy atom. The molecule has 114 valence electrons. The van der Waals surface area contributed by atoms with Crippen LogP contribution in [0.1, 0.15) is 41.8 Å². The lowest BCUT2D eigenvalue weighted by Crippen LogP contribution is -2.38. The number of nitrogens with zero attached hydrogens (tertiary/aromatic N) is 2. The molecular formula is C15H27N3OS. The standard InChI is InChI=1S/C15H27N3OS/c1-12-6-4-5-8-18(12)9-7-15-17-13(11-19-3)14(20-15)10-16-2/h12,16H,4-11H2,1-3H3. The van der Waals surface area contributed by atoms with Gasteiger partial charge in [0.05, 0.1) is 17.3 Å². The maximum absolute atomic E-state index is 5.25. The van der Waals surface area contributed by atoms with Crippen LogP contribution in [0.15, 0.2) is 0 Å². The summed E-state index contributed by atoms with van der Waals surface area (Å²) in [6.45, 7) is 6.24. The Morgan fingerprint density at radius 1 is 1.45 bits per heavy atom. The fraction of sp³-hybridized carbons (Fsp3) is 0.800. The van der Waals surface area contributed by atoms with Crippen LogP contribution < -0.4 is 5.32 Å². The van der Waals surface area contributed by atoms with Crippen molar-refractivity contribution < 1.29 is 4.74 Å². The number of piperidine rings is 1. The summed E-state index contributed by atoms with van der Waals surface area (Å²) in [6.07, 6.45) is 5.15. The van der Waals surface area contributed by atoms with Crippen molar-refractivity contribution in [1.82, 2.24) is 15.2 Å². The average molecular weight is 297 g/mol. The molecule has 2 rings (SSSR count). The predicted octanol–water partition coefficient (Wildman–Crippen LogP) is 2.43. The molecule has 1 N–H and O–H groups in total. The lowest BCUT2D eigenvalue weighted by atomic mass is 10.0. The van der Waals surface area contributed by atoms with Crippen LogP contribution in [0.4, 0.5) is 0 Å². The van der Waals surface area contributed by atoms with E-state index in [9.17, 15) is 0 Å². The van der Waals surface area contributed by atoms with Gasteiger partial charge in [-0.1, -0.05) is 6.42 Å². The van der Waals surface area contributed by atoms with Crippen molar-refractivity contribution >= 4 is 11.3 Å². The van der Waals surface area contributed by atoms with Crippen molar-refractivity contribution in [2.45, 2.75) is 51.8 Å². The van der Waals surface area contributed by atoms with Gasteiger partial charge in [0.15, 0.2) is 0 Å². The third-order valence-corrected chi connectivity index (χ3v) is 5.15. The molecular weight excluding hydrogens is 270 g/mol. The summed E-state index contributed by atoms with van der Waals surface area (Å²) in [5.41, 5.74) is 1.11. The molecule has 1 aromatic heterocycles. The van der Waals surface area contributed by atoms with Crippen molar-refractivity contribution in [3.63, 3.8) is 0 Å². The van der Waals surface area contributed by atoms with E-state index >= 15 is 0 Å². The third kappa shape index (κ3) is 4.25. The summed E-state index contributed by atoms with van der Waals surface area (Å²) in [5.74, 6) is 0. The zero-order chi connectivity index (χ0) is 14.4. The van der Waals surface area contributed by atoms with E-state index in [1.807, 2.05) is 18.4 Å². The Bertz CT molecular complexity index is 384. The maximum Gasteiger partial charge on any atom is 0.0945 e.